The van der Waals surface area contributed by atoms with Crippen molar-refractivity contribution < 1.29 is 132 Å². The molecule has 3 aliphatic rings. The molecule has 584 valence electrons. The van der Waals surface area contributed by atoms with Crippen LogP contribution in [0.15, 0.2) is 0 Å². The Labute approximate surface area is 590 Å². The molecule has 3 aliphatic heterocycles. The maximum absolute atomic E-state index is 12.9. The van der Waals surface area contributed by atoms with E-state index in [9.17, 15) is 89.1 Å². The number of amides is 9. The highest BCUT2D eigenvalue weighted by Crippen LogP contribution is 2.30. The third kappa shape index (κ3) is 36.2. The Bertz CT molecular complexity index is 2180. The van der Waals surface area contributed by atoms with Crippen LogP contribution in [0, 0.1) is 11.3 Å². The molecule has 101 heavy (non-hydrogen) atoms. The summed E-state index contributed by atoms with van der Waals surface area (Å²) in [6.07, 6.45) is -10.3. The van der Waals surface area contributed by atoms with E-state index in [2.05, 4.69) is 47.9 Å². The normalized spacial score (nSPS) is 25.6. The molecule has 18 N–H and O–H groups in total. The van der Waals surface area contributed by atoms with Crippen molar-refractivity contribution in [3.05, 3.63) is 0 Å². The molecular formula is C65H117N9O27. The Morgan fingerprint density at radius 2 is 0.604 bits per heavy atom. The van der Waals surface area contributed by atoms with Crippen LogP contribution in [-0.4, -0.2) is 310 Å². The molecule has 3 saturated heterocycles. The molecule has 0 aromatic rings. The second-order valence-corrected chi connectivity index (χ2v) is 25.9. The second kappa shape index (κ2) is 50.8. The van der Waals surface area contributed by atoms with E-state index in [-0.39, 0.29) is 159 Å². The first-order valence-corrected chi connectivity index (χ1v) is 35.1. The minimum atomic E-state index is -1.44. The van der Waals surface area contributed by atoms with Gasteiger partial charge in [0.15, 0.2) is 18.9 Å². The third-order valence-corrected chi connectivity index (χ3v) is 16.5. The predicted molar refractivity (Wildman–Crippen MR) is 356 cm³/mol. The molecule has 6 unspecified atom stereocenters. The minimum absolute atomic E-state index is 0.0201. The third-order valence-electron chi connectivity index (χ3n) is 16.5. The zero-order valence-electron chi connectivity index (χ0n) is 59.2. The van der Waals surface area contributed by atoms with Crippen LogP contribution in [-0.2, 0) is 85.8 Å². The highest BCUT2D eigenvalue weighted by molar-refractivity contribution is 5.78. The number of aliphatic hydroxyl groups excluding tert-OH is 9. The fourth-order valence-electron chi connectivity index (χ4n) is 11.3. The Morgan fingerprint density at radius 1 is 0.356 bits per heavy atom. The van der Waals surface area contributed by atoms with Crippen molar-refractivity contribution in [1.82, 2.24) is 47.9 Å². The summed E-state index contributed by atoms with van der Waals surface area (Å²) in [6.45, 7) is 8.49. The van der Waals surface area contributed by atoms with Crippen LogP contribution >= 0.6 is 0 Å². The molecule has 3 rings (SSSR count). The largest absolute Gasteiger partial charge is 0.394 e. The van der Waals surface area contributed by atoms with E-state index in [0.717, 1.165) is 0 Å². The molecule has 0 radical (unpaired) electrons. The lowest BCUT2D eigenvalue weighted by atomic mass is 9.82. The van der Waals surface area contributed by atoms with E-state index in [4.69, 9.17) is 42.6 Å². The number of rotatable bonds is 53. The van der Waals surface area contributed by atoms with E-state index in [1.807, 2.05) is 13.8 Å². The first kappa shape index (κ1) is 89.7. The van der Waals surface area contributed by atoms with Gasteiger partial charge >= 0.3 is 0 Å². The van der Waals surface area contributed by atoms with Gasteiger partial charge in [0.2, 0.25) is 53.2 Å². The van der Waals surface area contributed by atoms with E-state index in [1.54, 1.807) is 0 Å². The first-order chi connectivity index (χ1) is 48.2. The average molecular weight is 1460 g/mol. The number of aliphatic hydroxyl groups is 9. The summed E-state index contributed by atoms with van der Waals surface area (Å²) in [5.74, 6) is -2.81. The zero-order valence-corrected chi connectivity index (χ0v) is 59.2. The van der Waals surface area contributed by atoms with Gasteiger partial charge in [0.25, 0.3) is 0 Å². The number of nitrogens with one attached hydrogen (secondary N) is 9. The van der Waals surface area contributed by atoms with Crippen LogP contribution < -0.4 is 47.9 Å². The van der Waals surface area contributed by atoms with Crippen molar-refractivity contribution in [2.45, 2.75) is 229 Å². The number of ether oxygens (including phenoxy) is 9. The molecule has 36 nitrogen and oxygen atoms in total. The van der Waals surface area contributed by atoms with E-state index >= 15 is 0 Å². The van der Waals surface area contributed by atoms with Gasteiger partial charge < -0.3 is 136 Å². The van der Waals surface area contributed by atoms with Crippen LogP contribution in [0.1, 0.15) is 137 Å². The lowest BCUT2D eigenvalue weighted by molar-refractivity contribution is -0.270. The Kier molecular flexibility index (Phi) is 45.2. The van der Waals surface area contributed by atoms with Gasteiger partial charge in [-0.15, -0.1) is 0 Å². The van der Waals surface area contributed by atoms with Crippen LogP contribution in [0.4, 0.5) is 0 Å². The predicted octanol–water partition coefficient (Wildman–Crippen LogP) is -5.50. The average Bonchev–Trinajstić information content (AvgIpc) is 0.826. The Hall–Kier alpha value is -5.49. The van der Waals surface area contributed by atoms with Crippen molar-refractivity contribution >= 4 is 53.2 Å². The molecule has 3 heterocycles. The van der Waals surface area contributed by atoms with Gasteiger partial charge in [0, 0.05) is 124 Å². The molecule has 0 aromatic heterocycles. The van der Waals surface area contributed by atoms with Gasteiger partial charge in [-0.05, 0) is 70.1 Å². The molecule has 36 heteroatoms. The zero-order chi connectivity index (χ0) is 74.7. The maximum Gasteiger partial charge on any atom is 0.222 e. The van der Waals surface area contributed by atoms with Gasteiger partial charge in [0.05, 0.1) is 59.5 Å². The molecule has 9 amide bonds. The lowest BCUT2D eigenvalue weighted by Gasteiger charge is -2.42. The summed E-state index contributed by atoms with van der Waals surface area (Å²) < 4.78 is 52.1. The van der Waals surface area contributed by atoms with Crippen molar-refractivity contribution in [2.24, 2.45) is 11.3 Å². The molecule has 0 aromatic carbocycles. The highest BCUT2D eigenvalue weighted by Gasteiger charge is 2.48. The van der Waals surface area contributed by atoms with Crippen LogP contribution in [0.5, 0.6) is 0 Å². The Morgan fingerprint density at radius 3 is 0.832 bits per heavy atom. The first-order valence-electron chi connectivity index (χ1n) is 35.1. The minimum Gasteiger partial charge on any atom is -0.394 e. The number of hydrogen-bond acceptors (Lipinski definition) is 27. The van der Waals surface area contributed by atoms with Crippen LogP contribution in [0.2, 0.25) is 0 Å². The molecule has 0 aliphatic carbocycles. The topological polar surface area (TPSA) is 527 Å². The second-order valence-electron chi connectivity index (χ2n) is 25.9. The SMILES string of the molecule is CC(=O)NC1[C@H](OCCCCC(=O)NCCCNC(=O)CCOCC(COCCC(=O)NCCCNC(=O)CCCCO[C@@H]2OC(CO)[C@H](O)[C@H](O)C2NC(C)=O)(COCCC(=O)NCCCNC(=O)CCCCO[C@@H]2OC(CO)[C@H](O)[C@H](O)C2NC(C)=O)CC(C)C)OC(CO)[C@H](O)[C@@H]1O. The molecule has 3 fully saturated rings. The van der Waals surface area contributed by atoms with Gasteiger partial charge in [-0.2, -0.15) is 0 Å². The lowest BCUT2D eigenvalue weighted by Crippen LogP contribution is -2.64. The highest BCUT2D eigenvalue weighted by atomic mass is 16.7. The maximum atomic E-state index is 12.9. The van der Waals surface area contributed by atoms with Crippen LogP contribution in [0.3, 0.4) is 0 Å². The van der Waals surface area contributed by atoms with Gasteiger partial charge in [-0.3, -0.25) is 43.2 Å². The Balaban J connectivity index is 1.40. The summed E-state index contributed by atoms with van der Waals surface area (Å²) >= 11 is 0. The fraction of sp³-hybridized carbons (Fsp3) is 0.862. The fourth-order valence-corrected chi connectivity index (χ4v) is 11.3. The molecular weight excluding hydrogens is 1340 g/mol. The van der Waals surface area contributed by atoms with Crippen LogP contribution in [0.25, 0.3) is 0 Å². The monoisotopic (exact) mass is 1460 g/mol. The molecule has 0 spiro atoms. The van der Waals surface area contributed by atoms with E-state index < -0.39 is 135 Å². The van der Waals surface area contributed by atoms with Crippen molar-refractivity contribution in [1.29, 1.82) is 0 Å². The van der Waals surface area contributed by atoms with Crippen molar-refractivity contribution in [3.63, 3.8) is 0 Å². The number of hydrogen-bond donors (Lipinski definition) is 18. The smallest absolute Gasteiger partial charge is 0.222 e. The van der Waals surface area contributed by atoms with Crippen molar-refractivity contribution in [3.8, 4) is 0 Å². The molecule has 15 atom stereocenters. The van der Waals surface area contributed by atoms with Gasteiger partial charge in [-0.25, -0.2) is 0 Å². The summed E-state index contributed by atoms with van der Waals surface area (Å²) in [7, 11) is 0. The summed E-state index contributed by atoms with van der Waals surface area (Å²) in [5, 5.41) is 115. The summed E-state index contributed by atoms with van der Waals surface area (Å²) in [5.41, 5.74) is -0.769. The van der Waals surface area contributed by atoms with Gasteiger partial charge in [-0.1, -0.05) is 13.8 Å². The summed E-state index contributed by atoms with van der Waals surface area (Å²) in [6, 6.07) is -3.22. The quantitative estimate of drug-likeness (QED) is 0.0253. The van der Waals surface area contributed by atoms with Crippen molar-refractivity contribution in [2.75, 3.05) is 119 Å². The number of unbranched alkanes of at least 4 members (excludes halogenated alkanes) is 3. The number of carbonyl (C=O) groups is 9. The molecule has 0 bridgehead atoms. The van der Waals surface area contributed by atoms with E-state index in [1.165, 1.54) is 20.8 Å². The standard InChI is InChI=1S/C65H117N9O27/c1-40(2)33-65(37-93-30-18-50(84)69-24-12-21-66-47(81)15-6-9-27-96-62-53(72-41(3)78)59(90)56(87)44(34-75)99-62,38-94-31-19-51(85)70-25-13-22-67-48(82)16-7-10-28-97-63-54(73-42(4)79)60(91)57(88)45(35-76)100-63)39-95-32-20-52(86)71-26-14-23-68-49(83)17-8-11-29-98-64-55(74-43(5)80)61(92)58(89)46(36-77)101-64/h40,44-46,53-64,75-77,87-92H,6-39H2,1-5H3,(H,66,81)(H,67,82)(H,68,83)(H,69,84)(H,70,85)(H,71,86)(H,72,78)(H,73,79)(H,74,80)/t44?,45?,46?,53?,54?,55?,56-,57-,58-,59+,60+,61+,62+,63+,64+,65?/m0/s1. The number of carbonyl (C=O) groups excluding carboxylic acids is 9. The molecule has 0 saturated carbocycles. The van der Waals surface area contributed by atoms with Gasteiger partial charge in [0.1, 0.15) is 73.1 Å². The summed E-state index contributed by atoms with van der Waals surface area (Å²) in [4.78, 5) is 111. The van der Waals surface area contributed by atoms with E-state index in [0.29, 0.717) is 83.8 Å².